The van der Waals surface area contributed by atoms with Crippen molar-refractivity contribution in [1.29, 1.82) is 0 Å². The maximum absolute atomic E-state index is 12.6. The average Bonchev–Trinajstić information content (AvgIpc) is 2.78. The van der Waals surface area contributed by atoms with Gasteiger partial charge in [-0.2, -0.15) is 0 Å². The Kier molecular flexibility index (Phi) is 2.10. The quantitative estimate of drug-likeness (QED) is 0.255. The van der Waals surface area contributed by atoms with Crippen LogP contribution in [0.2, 0.25) is 0 Å². The Balaban J connectivity index is 2.17. The van der Waals surface area contributed by atoms with Crippen LogP contribution in [0.4, 0.5) is 5.69 Å². The molecule has 1 atom stereocenters. The molecule has 2 heterocycles. The molecule has 0 aromatic heterocycles. The fraction of sp³-hybridized carbons (Fsp3) is 0.231. The van der Waals surface area contributed by atoms with E-state index < -0.39 is 64.3 Å². The number of cyclic esters (lactones) is 2. The van der Waals surface area contributed by atoms with E-state index in [1.165, 1.54) is 0 Å². The Morgan fingerprint density at radius 2 is 2.00 bits per heavy atom. The lowest BCUT2D eigenvalue weighted by Gasteiger charge is -2.26. The molecular formula is C13H8N2O7. The number of benzene rings is 1. The number of amides is 2. The maximum atomic E-state index is 12.6. The first kappa shape index (κ1) is 9.77. The predicted molar refractivity (Wildman–Crippen MR) is 67.7 cm³/mol. The summed E-state index contributed by atoms with van der Waals surface area (Å²) in [4.78, 5) is 58.8. The van der Waals surface area contributed by atoms with E-state index in [1.54, 1.807) is 0 Å². The third kappa shape index (κ3) is 1.86. The van der Waals surface area contributed by atoms with Crippen LogP contribution in [0.3, 0.4) is 0 Å². The van der Waals surface area contributed by atoms with Gasteiger partial charge in [0.05, 0.1) is 10.5 Å². The molecule has 0 spiro atoms. The van der Waals surface area contributed by atoms with Crippen LogP contribution < -0.4 is 0 Å². The van der Waals surface area contributed by atoms with Gasteiger partial charge >= 0.3 is 11.9 Å². The molecule has 1 aromatic rings. The van der Waals surface area contributed by atoms with Crippen LogP contribution in [0.25, 0.3) is 0 Å². The van der Waals surface area contributed by atoms with Gasteiger partial charge in [0.1, 0.15) is 11.6 Å². The molecule has 9 nitrogen and oxygen atoms in total. The van der Waals surface area contributed by atoms with Crippen molar-refractivity contribution in [3.8, 4) is 0 Å². The first-order valence-electron chi connectivity index (χ1n) is 7.84. The second-order valence-corrected chi connectivity index (χ2v) is 4.32. The molecule has 3 rings (SSSR count). The van der Waals surface area contributed by atoms with E-state index in [0.29, 0.717) is 0 Å². The molecule has 2 amide bonds. The highest BCUT2D eigenvalue weighted by atomic mass is 16.6. The minimum Gasteiger partial charge on any atom is -0.392 e. The van der Waals surface area contributed by atoms with Gasteiger partial charge in [0.2, 0.25) is 0 Å². The number of esters is 2. The normalized spacial score (nSPS) is 28.2. The molecule has 22 heavy (non-hydrogen) atoms. The van der Waals surface area contributed by atoms with Crippen LogP contribution in [0.15, 0.2) is 18.2 Å². The Bertz CT molecular complexity index is 914. The largest absolute Gasteiger partial charge is 0.392 e. The van der Waals surface area contributed by atoms with Crippen LogP contribution in [0.1, 0.15) is 38.9 Å². The van der Waals surface area contributed by atoms with Gasteiger partial charge in [-0.3, -0.25) is 29.4 Å². The number of nitro groups is 1. The van der Waals surface area contributed by atoms with Crippen molar-refractivity contribution in [1.82, 2.24) is 4.90 Å². The van der Waals surface area contributed by atoms with Crippen LogP contribution >= 0.6 is 0 Å². The summed E-state index contributed by atoms with van der Waals surface area (Å²) in [6, 6.07) is 0.723. The molecule has 0 N–H and O–H groups in total. The number of carbonyl (C=O) groups excluding carboxylic acids is 4. The topological polar surface area (TPSA) is 124 Å². The number of fused-ring (bicyclic) bond motifs is 1. The summed E-state index contributed by atoms with van der Waals surface area (Å²) in [5.41, 5.74) is -1.82. The van der Waals surface area contributed by atoms with E-state index in [2.05, 4.69) is 4.74 Å². The number of ether oxygens (including phenoxy) is 1. The minimum absolute atomic E-state index is 0.0598. The molecule has 0 saturated carbocycles. The summed E-state index contributed by atoms with van der Waals surface area (Å²) in [7, 11) is 0. The standard InChI is InChI=1S/C13H8N2O7/c16-9-5-4-8(13(19)22-9)14-11(17)6-2-1-3-7(15(20)21)10(6)12(14)18/h1-3,8H,4-5H2/i4D2,5D2. The molecule has 2 aliphatic heterocycles. The van der Waals surface area contributed by atoms with E-state index in [1.807, 2.05) is 0 Å². The van der Waals surface area contributed by atoms with Gasteiger partial charge in [0.25, 0.3) is 17.5 Å². The highest BCUT2D eigenvalue weighted by Crippen LogP contribution is 2.33. The van der Waals surface area contributed by atoms with Gasteiger partial charge in [-0.1, -0.05) is 6.07 Å². The lowest BCUT2D eigenvalue weighted by Crippen LogP contribution is -2.48. The summed E-state index contributed by atoms with van der Waals surface area (Å²) < 4.78 is 34.9. The van der Waals surface area contributed by atoms with Gasteiger partial charge in [0.15, 0.2) is 0 Å². The number of hydrogen-bond acceptors (Lipinski definition) is 7. The van der Waals surface area contributed by atoms with Crippen LogP contribution in [0, 0.1) is 10.1 Å². The second kappa shape index (κ2) is 4.72. The zero-order chi connectivity index (χ0) is 19.6. The fourth-order valence-electron chi connectivity index (χ4n) is 2.20. The van der Waals surface area contributed by atoms with Crippen molar-refractivity contribution in [3.05, 3.63) is 39.4 Å². The molecule has 2 aliphatic rings. The molecule has 1 fully saturated rings. The maximum Gasteiger partial charge on any atom is 0.337 e. The predicted octanol–water partition coefficient (Wildman–Crippen LogP) is 0.423. The summed E-state index contributed by atoms with van der Waals surface area (Å²) in [6.45, 7) is 0. The lowest BCUT2D eigenvalue weighted by molar-refractivity contribution is -0.385. The van der Waals surface area contributed by atoms with Crippen molar-refractivity contribution >= 4 is 29.4 Å². The van der Waals surface area contributed by atoms with Gasteiger partial charge in [0, 0.05) is 17.9 Å². The van der Waals surface area contributed by atoms with Gasteiger partial charge in [-0.15, -0.1) is 0 Å². The molecule has 112 valence electrons. The number of nitrogens with zero attached hydrogens (tertiary/aromatic N) is 2. The molecule has 1 unspecified atom stereocenters. The monoisotopic (exact) mass is 308 g/mol. The van der Waals surface area contributed by atoms with E-state index in [4.69, 9.17) is 5.48 Å². The van der Waals surface area contributed by atoms with Crippen molar-refractivity contribution in [2.75, 3.05) is 0 Å². The average molecular weight is 308 g/mol. The second-order valence-electron chi connectivity index (χ2n) is 4.32. The third-order valence-corrected chi connectivity index (χ3v) is 3.11. The highest BCUT2D eigenvalue weighted by molar-refractivity contribution is 6.24. The molecule has 0 radical (unpaired) electrons. The number of imide groups is 1. The van der Waals surface area contributed by atoms with Crippen molar-refractivity contribution in [2.45, 2.75) is 18.8 Å². The molecular weight excluding hydrogens is 296 g/mol. The molecule has 1 saturated heterocycles. The summed E-state index contributed by atoms with van der Waals surface area (Å²) in [5.74, 6) is -6.03. The Morgan fingerprint density at radius 1 is 1.27 bits per heavy atom. The lowest BCUT2D eigenvalue weighted by atomic mass is 10.1. The molecule has 9 heteroatoms. The van der Waals surface area contributed by atoms with Crippen LogP contribution in [-0.4, -0.2) is 39.6 Å². The molecule has 1 aromatic carbocycles. The number of hydrogen-bond donors (Lipinski definition) is 0. The first-order valence-corrected chi connectivity index (χ1v) is 5.84. The minimum atomic E-state index is -3.34. The fourth-order valence-corrected chi connectivity index (χ4v) is 2.20. The number of carbonyl (C=O) groups is 4. The highest BCUT2D eigenvalue weighted by Gasteiger charge is 2.48. The smallest absolute Gasteiger partial charge is 0.337 e. The Hall–Kier alpha value is -3.10. The first-order chi connectivity index (χ1) is 11.9. The Morgan fingerprint density at radius 3 is 2.68 bits per heavy atom. The van der Waals surface area contributed by atoms with E-state index in [-0.39, 0.29) is 4.90 Å². The molecule has 0 aliphatic carbocycles. The Labute approximate surface area is 128 Å². The number of nitro benzene ring substituents is 1. The van der Waals surface area contributed by atoms with E-state index in [9.17, 15) is 29.3 Å². The van der Waals surface area contributed by atoms with Gasteiger partial charge in [-0.25, -0.2) is 4.79 Å². The number of rotatable bonds is 2. The van der Waals surface area contributed by atoms with Gasteiger partial charge < -0.3 is 4.74 Å². The summed E-state index contributed by atoms with van der Waals surface area (Å²) in [5, 5.41) is 11.1. The SMILES string of the molecule is [2H]C1([2H])C(=O)OC(=O)C(N2C(=O)c3cccc([N+](=O)[O-])c3C2=O)C1([2H])[2H]. The molecule has 0 bridgehead atoms. The van der Waals surface area contributed by atoms with Crippen molar-refractivity contribution in [3.63, 3.8) is 0 Å². The summed E-state index contributed by atoms with van der Waals surface area (Å²) in [6.07, 6.45) is -6.66. The van der Waals surface area contributed by atoms with Crippen LogP contribution in [0.5, 0.6) is 0 Å². The van der Waals surface area contributed by atoms with E-state index in [0.717, 1.165) is 18.2 Å². The zero-order valence-corrected chi connectivity index (χ0v) is 10.6. The third-order valence-electron chi connectivity index (χ3n) is 3.11. The van der Waals surface area contributed by atoms with Gasteiger partial charge in [-0.05, 0) is 12.4 Å². The van der Waals surface area contributed by atoms with E-state index >= 15 is 0 Å². The van der Waals surface area contributed by atoms with Crippen LogP contribution in [-0.2, 0) is 14.3 Å². The summed E-state index contributed by atoms with van der Waals surface area (Å²) >= 11 is 0. The van der Waals surface area contributed by atoms with Crippen molar-refractivity contribution in [2.24, 2.45) is 0 Å². The zero-order valence-electron chi connectivity index (χ0n) is 14.6. The van der Waals surface area contributed by atoms with Crippen molar-refractivity contribution < 1.29 is 34.3 Å².